The molecule has 3 aromatic carbocycles. The largest absolute Gasteiger partial charge is 0.484 e. The van der Waals surface area contributed by atoms with Crippen LogP contribution in [-0.4, -0.2) is 46.6 Å². The van der Waals surface area contributed by atoms with Crippen LogP contribution in [0.1, 0.15) is 38.3 Å². The van der Waals surface area contributed by atoms with Crippen molar-refractivity contribution in [3.05, 3.63) is 83.4 Å². The van der Waals surface area contributed by atoms with E-state index in [0.717, 1.165) is 5.56 Å². The van der Waals surface area contributed by atoms with Crippen LogP contribution in [0.3, 0.4) is 0 Å². The normalized spacial score (nSPS) is 16.1. The van der Waals surface area contributed by atoms with Crippen LogP contribution in [0, 0.1) is 5.92 Å². The monoisotopic (exact) mass is 599 g/mol. The number of rotatable bonds is 11. The maximum Gasteiger partial charge on any atom is 0.310 e. The van der Waals surface area contributed by atoms with E-state index in [4.69, 9.17) is 21.1 Å². The van der Waals surface area contributed by atoms with Crippen LogP contribution in [0.15, 0.2) is 77.7 Å². The Morgan fingerprint density at radius 3 is 2.51 bits per heavy atom. The van der Waals surface area contributed by atoms with Gasteiger partial charge < -0.3 is 19.7 Å². The Bertz CT molecular complexity index is 1450. The highest BCUT2D eigenvalue weighted by molar-refractivity contribution is 7.89. The van der Waals surface area contributed by atoms with Gasteiger partial charge in [-0.25, -0.2) is 13.1 Å². The van der Waals surface area contributed by atoms with Gasteiger partial charge in [-0.3, -0.25) is 9.59 Å². The number of piperidine rings is 1. The van der Waals surface area contributed by atoms with Gasteiger partial charge in [0.25, 0.3) is 5.91 Å². The number of anilines is 2. The fourth-order valence-electron chi connectivity index (χ4n) is 4.70. The van der Waals surface area contributed by atoms with Crippen molar-refractivity contribution >= 4 is 44.9 Å². The number of nitrogens with one attached hydrogen (secondary N) is 2. The number of sulfonamides is 1. The van der Waals surface area contributed by atoms with Crippen LogP contribution in [0.2, 0.25) is 5.02 Å². The number of carbonyl (C=O) groups excluding carboxylic acids is 2. The quantitative estimate of drug-likeness (QED) is 0.292. The minimum Gasteiger partial charge on any atom is -0.484 e. The van der Waals surface area contributed by atoms with E-state index in [2.05, 4.69) is 10.0 Å². The Labute approximate surface area is 245 Å². The molecule has 0 aromatic heterocycles. The lowest BCUT2D eigenvalue weighted by atomic mass is 9.97. The molecule has 41 heavy (non-hydrogen) atoms. The summed E-state index contributed by atoms with van der Waals surface area (Å²) in [5.41, 5.74) is 1.55. The second-order valence-corrected chi connectivity index (χ2v) is 11.9. The third kappa shape index (κ3) is 8.22. The molecular formula is C30H34ClN3O6S. The average molecular weight is 600 g/mol. The zero-order chi connectivity index (χ0) is 29.4. The lowest BCUT2D eigenvalue weighted by Gasteiger charge is -2.34. The summed E-state index contributed by atoms with van der Waals surface area (Å²) in [5.74, 6) is -0.632. The predicted octanol–water partition coefficient (Wildman–Crippen LogP) is 5.18. The van der Waals surface area contributed by atoms with E-state index < -0.39 is 22.0 Å². The van der Waals surface area contributed by atoms with Gasteiger partial charge in [-0.05, 0) is 74.7 Å². The number of benzene rings is 3. The van der Waals surface area contributed by atoms with Crippen molar-refractivity contribution in [2.24, 2.45) is 5.92 Å². The van der Waals surface area contributed by atoms with Gasteiger partial charge in [0.1, 0.15) is 10.6 Å². The molecule has 2 atom stereocenters. The molecule has 1 saturated heterocycles. The van der Waals surface area contributed by atoms with Gasteiger partial charge in [-0.1, -0.05) is 41.9 Å². The maximum absolute atomic E-state index is 13.8. The molecule has 1 amide bonds. The van der Waals surface area contributed by atoms with Gasteiger partial charge in [-0.15, -0.1) is 0 Å². The SMILES string of the molecule is CCOC(=O)[C@@H]1CCCN(c2ccc(NC(=O)COc3ccc(Cl)cc3)cc2S(=O)(=O)N[C@H](C)c2ccccc2)C1. The Morgan fingerprint density at radius 1 is 1.07 bits per heavy atom. The zero-order valence-electron chi connectivity index (χ0n) is 23.0. The number of amides is 1. The molecule has 1 aliphatic rings. The molecule has 1 heterocycles. The van der Waals surface area contributed by atoms with Crippen LogP contribution in [0.4, 0.5) is 11.4 Å². The number of hydrogen-bond acceptors (Lipinski definition) is 7. The fraction of sp³-hybridized carbons (Fsp3) is 0.333. The van der Waals surface area contributed by atoms with E-state index in [1.165, 1.54) is 6.07 Å². The van der Waals surface area contributed by atoms with E-state index in [-0.39, 0.29) is 30.0 Å². The van der Waals surface area contributed by atoms with Gasteiger partial charge in [0.05, 0.1) is 18.2 Å². The minimum absolute atomic E-state index is 0.00112. The van der Waals surface area contributed by atoms with Crippen molar-refractivity contribution in [1.82, 2.24) is 4.72 Å². The van der Waals surface area contributed by atoms with Crippen molar-refractivity contribution in [2.45, 2.75) is 37.6 Å². The van der Waals surface area contributed by atoms with Gasteiger partial charge in [0.2, 0.25) is 10.0 Å². The summed E-state index contributed by atoms with van der Waals surface area (Å²) in [6.45, 7) is 4.44. The summed E-state index contributed by atoms with van der Waals surface area (Å²) in [6, 6.07) is 20.1. The van der Waals surface area contributed by atoms with Crippen LogP contribution in [0.25, 0.3) is 0 Å². The van der Waals surface area contributed by atoms with Crippen LogP contribution in [-0.2, 0) is 24.3 Å². The summed E-state index contributed by atoms with van der Waals surface area (Å²) >= 11 is 5.89. The number of hydrogen-bond donors (Lipinski definition) is 2. The topological polar surface area (TPSA) is 114 Å². The Hall–Kier alpha value is -3.60. The molecule has 0 saturated carbocycles. The lowest BCUT2D eigenvalue weighted by molar-refractivity contribution is -0.148. The number of halogens is 1. The summed E-state index contributed by atoms with van der Waals surface area (Å²) in [4.78, 5) is 27.0. The highest BCUT2D eigenvalue weighted by atomic mass is 35.5. The van der Waals surface area contributed by atoms with E-state index in [0.29, 0.717) is 48.1 Å². The Morgan fingerprint density at radius 2 is 1.80 bits per heavy atom. The molecule has 0 radical (unpaired) electrons. The van der Waals surface area contributed by atoms with Crippen LogP contribution >= 0.6 is 11.6 Å². The first-order valence-corrected chi connectivity index (χ1v) is 15.3. The molecule has 0 unspecified atom stereocenters. The number of nitrogens with zero attached hydrogens (tertiary/aromatic N) is 1. The smallest absolute Gasteiger partial charge is 0.310 e. The molecule has 218 valence electrons. The standard InChI is InChI=1S/C30H34ClN3O6S/c1-3-39-30(36)23-10-7-17-34(19-23)27-16-13-25(32-29(35)20-40-26-14-11-24(31)12-15-26)18-28(27)41(37,38)33-21(2)22-8-5-4-6-9-22/h4-6,8-9,11-16,18,21,23,33H,3,7,10,17,19-20H2,1-2H3,(H,32,35)/t21-,23-/m1/s1. The van der Waals surface area contributed by atoms with Crippen LogP contribution < -0.4 is 19.7 Å². The molecule has 0 spiro atoms. The van der Waals surface area contributed by atoms with Crippen molar-refractivity contribution < 1.29 is 27.5 Å². The third-order valence-electron chi connectivity index (χ3n) is 6.73. The first kappa shape index (κ1) is 30.4. The second-order valence-electron chi connectivity index (χ2n) is 9.76. The lowest BCUT2D eigenvalue weighted by Crippen LogP contribution is -2.40. The highest BCUT2D eigenvalue weighted by Crippen LogP contribution is 2.33. The molecule has 1 fully saturated rings. The van der Waals surface area contributed by atoms with E-state index in [1.54, 1.807) is 50.2 Å². The Balaban J connectivity index is 1.59. The molecule has 0 bridgehead atoms. The van der Waals surface area contributed by atoms with Crippen molar-refractivity contribution in [2.75, 3.05) is 36.5 Å². The van der Waals surface area contributed by atoms with Crippen molar-refractivity contribution in [1.29, 1.82) is 0 Å². The highest BCUT2D eigenvalue weighted by Gasteiger charge is 2.31. The molecule has 2 N–H and O–H groups in total. The van der Waals surface area contributed by atoms with Gasteiger partial charge in [0, 0.05) is 29.8 Å². The number of esters is 1. The predicted molar refractivity (Wildman–Crippen MR) is 159 cm³/mol. The average Bonchev–Trinajstić information content (AvgIpc) is 2.97. The van der Waals surface area contributed by atoms with E-state index in [9.17, 15) is 18.0 Å². The van der Waals surface area contributed by atoms with Crippen LogP contribution in [0.5, 0.6) is 5.75 Å². The zero-order valence-corrected chi connectivity index (χ0v) is 24.6. The van der Waals surface area contributed by atoms with Crippen molar-refractivity contribution in [3.63, 3.8) is 0 Å². The maximum atomic E-state index is 13.8. The molecule has 4 rings (SSSR count). The summed E-state index contributed by atoms with van der Waals surface area (Å²) in [6.07, 6.45) is 1.37. The third-order valence-corrected chi connectivity index (χ3v) is 8.55. The van der Waals surface area contributed by atoms with Gasteiger partial charge >= 0.3 is 5.97 Å². The van der Waals surface area contributed by atoms with E-state index >= 15 is 0 Å². The minimum atomic E-state index is -4.06. The molecule has 0 aliphatic carbocycles. The first-order chi connectivity index (χ1) is 19.7. The van der Waals surface area contributed by atoms with Gasteiger partial charge in [-0.2, -0.15) is 0 Å². The molecule has 1 aliphatic heterocycles. The second kappa shape index (κ2) is 13.8. The number of ether oxygens (including phenoxy) is 2. The summed E-state index contributed by atoms with van der Waals surface area (Å²) in [7, 11) is -4.06. The fourth-order valence-corrected chi connectivity index (χ4v) is 6.31. The molecule has 3 aromatic rings. The Kier molecular flexibility index (Phi) is 10.3. The first-order valence-electron chi connectivity index (χ1n) is 13.5. The summed E-state index contributed by atoms with van der Waals surface area (Å²) in [5, 5.41) is 3.27. The van der Waals surface area contributed by atoms with Gasteiger partial charge in [0.15, 0.2) is 6.61 Å². The van der Waals surface area contributed by atoms with Crippen molar-refractivity contribution in [3.8, 4) is 5.75 Å². The van der Waals surface area contributed by atoms with E-state index in [1.807, 2.05) is 35.2 Å². The summed E-state index contributed by atoms with van der Waals surface area (Å²) < 4.78 is 41.1. The molecule has 11 heteroatoms. The molecule has 9 nitrogen and oxygen atoms in total. The number of carbonyl (C=O) groups is 2. The molecular weight excluding hydrogens is 566 g/mol.